The normalized spacial score (nSPS) is 19.4. The van der Waals surface area contributed by atoms with Gasteiger partial charge in [-0.1, -0.05) is 19.1 Å². The number of carbonyl (C=O) groups is 2. The van der Waals surface area contributed by atoms with Crippen molar-refractivity contribution >= 4 is 23.3 Å². The maximum atomic E-state index is 13.2. The number of hydrogen-bond acceptors (Lipinski definition) is 7. The number of ether oxygens (including phenoxy) is 1. The van der Waals surface area contributed by atoms with Gasteiger partial charge in [0.2, 0.25) is 0 Å². The fraction of sp³-hybridized carbons (Fsp3) is 0.500. The van der Waals surface area contributed by atoms with Crippen LogP contribution in [-0.4, -0.2) is 47.3 Å². The topological polar surface area (TPSA) is 130 Å². The highest BCUT2D eigenvalue weighted by Gasteiger charge is 2.52. The number of nitrogens with zero attached hydrogens (tertiary/aromatic N) is 2. The van der Waals surface area contributed by atoms with Crippen LogP contribution >= 0.6 is 0 Å². The van der Waals surface area contributed by atoms with Crippen LogP contribution in [-0.2, 0) is 19.9 Å². The van der Waals surface area contributed by atoms with Crippen LogP contribution in [0.5, 0.6) is 0 Å². The van der Waals surface area contributed by atoms with Gasteiger partial charge in [0.1, 0.15) is 0 Å². The molecule has 2 N–H and O–H groups in total. The molecule has 0 saturated heterocycles. The highest BCUT2D eigenvalue weighted by molar-refractivity contribution is 6.07. The minimum Gasteiger partial charge on any atom is -0.469 e. The van der Waals surface area contributed by atoms with E-state index in [1.54, 1.807) is 19.1 Å². The molecular weight excluding hydrogens is 380 g/mol. The van der Waals surface area contributed by atoms with Gasteiger partial charge in [0.25, 0.3) is 11.6 Å². The summed E-state index contributed by atoms with van der Waals surface area (Å²) in [5.41, 5.74) is -1.56. The molecule has 29 heavy (non-hydrogen) atoms. The van der Waals surface area contributed by atoms with Crippen molar-refractivity contribution in [3.8, 4) is 0 Å². The highest BCUT2D eigenvalue weighted by Crippen LogP contribution is 2.46. The summed E-state index contributed by atoms with van der Waals surface area (Å²) in [6, 6.07) is 4.00. The predicted molar refractivity (Wildman–Crippen MR) is 105 cm³/mol. The van der Waals surface area contributed by atoms with Crippen LogP contribution in [0.4, 0.5) is 11.4 Å². The molecular formula is C20H26N2O7. The molecule has 0 aliphatic carbocycles. The maximum absolute atomic E-state index is 13.2. The lowest BCUT2D eigenvalue weighted by Gasteiger charge is -2.27. The fourth-order valence-electron chi connectivity index (χ4n) is 3.43. The van der Waals surface area contributed by atoms with Crippen LogP contribution in [0.2, 0.25) is 0 Å². The molecule has 0 fully saturated rings. The van der Waals surface area contributed by atoms with E-state index in [4.69, 9.17) is 5.11 Å². The number of unbranched alkanes of at least 4 members (excludes halogenated alkanes) is 1. The van der Waals surface area contributed by atoms with Gasteiger partial charge in [-0.2, -0.15) is 0 Å². The fourth-order valence-corrected chi connectivity index (χ4v) is 3.43. The van der Waals surface area contributed by atoms with Gasteiger partial charge in [0.15, 0.2) is 5.60 Å². The molecule has 0 spiro atoms. The molecule has 0 unspecified atom stereocenters. The molecule has 1 aliphatic rings. The Morgan fingerprint density at radius 1 is 1.41 bits per heavy atom. The quantitative estimate of drug-likeness (QED) is 0.200. The van der Waals surface area contributed by atoms with Gasteiger partial charge < -0.3 is 19.8 Å². The molecule has 158 valence electrons. The molecule has 1 heterocycles. The SMILES string of the molecule is COC(=O)CCCCN1C(=O)[C@@](O)([C@@H](C)/C=C/CCO)c2cc([N+](=O)[O-])ccc21. The molecule has 1 amide bonds. The monoisotopic (exact) mass is 406 g/mol. The zero-order valence-electron chi connectivity index (χ0n) is 16.5. The Bertz CT molecular complexity index is 808. The molecule has 2 atom stereocenters. The Kier molecular flexibility index (Phi) is 7.46. The third-order valence-corrected chi connectivity index (χ3v) is 5.08. The Balaban J connectivity index is 2.33. The number of esters is 1. The first-order valence-corrected chi connectivity index (χ1v) is 9.45. The van der Waals surface area contributed by atoms with Crippen LogP contribution in [0.1, 0.15) is 38.2 Å². The number of amides is 1. The zero-order valence-corrected chi connectivity index (χ0v) is 16.5. The number of carbonyl (C=O) groups excluding carboxylic acids is 2. The predicted octanol–water partition coefficient (Wildman–Crippen LogP) is 2.05. The molecule has 9 heteroatoms. The number of hydrogen-bond donors (Lipinski definition) is 2. The van der Waals surface area contributed by atoms with Gasteiger partial charge in [-0.15, -0.1) is 0 Å². The first-order valence-electron chi connectivity index (χ1n) is 9.45. The van der Waals surface area contributed by atoms with E-state index in [2.05, 4.69) is 4.74 Å². The van der Waals surface area contributed by atoms with E-state index in [0.29, 0.717) is 24.9 Å². The summed E-state index contributed by atoms with van der Waals surface area (Å²) < 4.78 is 4.60. The highest BCUT2D eigenvalue weighted by atomic mass is 16.6. The summed E-state index contributed by atoms with van der Waals surface area (Å²) in [5.74, 6) is -1.57. The smallest absolute Gasteiger partial charge is 0.305 e. The lowest BCUT2D eigenvalue weighted by Crippen LogP contribution is -2.44. The molecule has 1 aromatic rings. The summed E-state index contributed by atoms with van der Waals surface area (Å²) in [5, 5.41) is 31.5. The Hall–Kier alpha value is -2.78. The average molecular weight is 406 g/mol. The van der Waals surface area contributed by atoms with Gasteiger partial charge in [0, 0.05) is 43.2 Å². The van der Waals surface area contributed by atoms with Gasteiger partial charge in [-0.05, 0) is 25.3 Å². The summed E-state index contributed by atoms with van der Waals surface area (Å²) in [6.07, 6.45) is 4.87. The molecule has 0 radical (unpaired) electrons. The zero-order chi connectivity index (χ0) is 21.6. The van der Waals surface area contributed by atoms with Crippen molar-refractivity contribution in [2.24, 2.45) is 5.92 Å². The number of anilines is 1. The second kappa shape index (κ2) is 9.62. The number of fused-ring (bicyclic) bond motifs is 1. The van der Waals surface area contributed by atoms with E-state index in [1.165, 1.54) is 30.2 Å². The van der Waals surface area contributed by atoms with E-state index >= 15 is 0 Å². The van der Waals surface area contributed by atoms with Crippen LogP contribution in [0.3, 0.4) is 0 Å². The van der Waals surface area contributed by atoms with Crippen molar-refractivity contribution in [3.05, 3.63) is 46.0 Å². The summed E-state index contributed by atoms with van der Waals surface area (Å²) >= 11 is 0. The number of rotatable bonds is 10. The van der Waals surface area contributed by atoms with Crippen LogP contribution in [0.25, 0.3) is 0 Å². The first kappa shape index (κ1) is 22.5. The van der Waals surface area contributed by atoms with Crippen molar-refractivity contribution in [1.29, 1.82) is 0 Å². The van der Waals surface area contributed by atoms with E-state index in [9.17, 15) is 24.8 Å². The largest absolute Gasteiger partial charge is 0.469 e. The number of nitro benzene ring substituents is 1. The van der Waals surface area contributed by atoms with E-state index in [-0.39, 0.29) is 36.8 Å². The molecule has 1 aromatic carbocycles. The van der Waals surface area contributed by atoms with E-state index < -0.39 is 22.3 Å². The van der Waals surface area contributed by atoms with Gasteiger partial charge in [0.05, 0.1) is 17.7 Å². The lowest BCUT2D eigenvalue weighted by molar-refractivity contribution is -0.385. The standard InChI is InChI=1S/C20H26N2O7/c1-14(7-4-6-12-23)20(26)16-13-15(22(27)28)9-10-17(16)21(19(20)25)11-5-3-8-18(24)29-2/h4,7,9-10,13-14,23,26H,3,5-6,8,11-12H2,1-2H3/b7-4+/t14-,20+/m0/s1. The number of nitro groups is 1. The number of benzene rings is 1. The number of aliphatic hydroxyl groups excluding tert-OH is 1. The summed E-state index contributed by atoms with van der Waals surface area (Å²) in [6.45, 7) is 1.84. The Labute approximate surface area is 168 Å². The third kappa shape index (κ3) is 4.63. The minimum absolute atomic E-state index is 0.0655. The van der Waals surface area contributed by atoms with Crippen molar-refractivity contribution in [3.63, 3.8) is 0 Å². The Morgan fingerprint density at radius 3 is 2.76 bits per heavy atom. The third-order valence-electron chi connectivity index (χ3n) is 5.08. The van der Waals surface area contributed by atoms with Crippen LogP contribution in [0.15, 0.2) is 30.4 Å². The molecule has 2 rings (SSSR count). The lowest BCUT2D eigenvalue weighted by atomic mass is 9.82. The minimum atomic E-state index is -1.95. The van der Waals surface area contributed by atoms with Gasteiger partial charge >= 0.3 is 5.97 Å². The van der Waals surface area contributed by atoms with Crippen LogP contribution in [0, 0.1) is 16.0 Å². The summed E-state index contributed by atoms with van der Waals surface area (Å²) in [7, 11) is 1.31. The van der Waals surface area contributed by atoms with E-state index in [1.807, 2.05) is 0 Å². The Morgan fingerprint density at radius 2 is 2.14 bits per heavy atom. The molecule has 0 bridgehead atoms. The maximum Gasteiger partial charge on any atom is 0.305 e. The number of methoxy groups -OCH3 is 1. The number of aliphatic hydroxyl groups is 2. The molecule has 9 nitrogen and oxygen atoms in total. The van der Waals surface area contributed by atoms with Gasteiger partial charge in [-0.3, -0.25) is 19.7 Å². The molecule has 0 saturated carbocycles. The van der Waals surface area contributed by atoms with E-state index in [0.717, 1.165) is 0 Å². The average Bonchev–Trinajstić information content (AvgIpc) is 2.92. The molecule has 0 aromatic heterocycles. The van der Waals surface area contributed by atoms with Crippen molar-refractivity contribution in [2.45, 2.75) is 38.2 Å². The van der Waals surface area contributed by atoms with Gasteiger partial charge in [-0.25, -0.2) is 0 Å². The second-order valence-electron chi connectivity index (χ2n) is 6.94. The second-order valence-corrected chi connectivity index (χ2v) is 6.94. The van der Waals surface area contributed by atoms with Crippen molar-refractivity contribution in [1.82, 2.24) is 0 Å². The number of non-ortho nitro benzene ring substituents is 1. The first-order chi connectivity index (χ1) is 13.8. The van der Waals surface area contributed by atoms with Crippen molar-refractivity contribution < 1.29 is 29.5 Å². The van der Waals surface area contributed by atoms with Crippen LogP contribution < -0.4 is 4.90 Å². The molecule has 1 aliphatic heterocycles. The van der Waals surface area contributed by atoms with Crippen molar-refractivity contribution in [2.75, 3.05) is 25.2 Å². The summed E-state index contributed by atoms with van der Waals surface area (Å²) in [4.78, 5) is 36.4.